The summed E-state index contributed by atoms with van der Waals surface area (Å²) in [7, 11) is 1.85. The average Bonchev–Trinajstić information content (AvgIpc) is 2.97. The van der Waals surface area contributed by atoms with Crippen LogP contribution in [0.15, 0.2) is 30.3 Å². The topological polar surface area (TPSA) is 76.0 Å². The number of fused-ring (bicyclic) bond motifs is 1. The molecular formula is C16H18N4O2. The van der Waals surface area contributed by atoms with Gasteiger partial charge in [-0.3, -0.25) is 14.3 Å². The third-order valence-electron chi connectivity index (χ3n) is 3.84. The molecule has 1 aromatic heterocycles. The molecule has 1 unspecified atom stereocenters. The fourth-order valence-electron chi connectivity index (χ4n) is 2.76. The maximum Gasteiger partial charge on any atom is 0.252 e. The number of carbonyl (C=O) groups excluding carboxylic acids is 2. The van der Waals surface area contributed by atoms with E-state index in [0.29, 0.717) is 12.1 Å². The van der Waals surface area contributed by atoms with Crippen LogP contribution in [0.4, 0.5) is 0 Å². The van der Waals surface area contributed by atoms with Crippen LogP contribution >= 0.6 is 0 Å². The molecule has 22 heavy (non-hydrogen) atoms. The monoisotopic (exact) mass is 298 g/mol. The number of carbonyl (C=O) groups is 2. The first-order valence-electron chi connectivity index (χ1n) is 7.20. The smallest absolute Gasteiger partial charge is 0.252 e. The van der Waals surface area contributed by atoms with E-state index in [4.69, 9.17) is 0 Å². The van der Waals surface area contributed by atoms with Gasteiger partial charge in [-0.2, -0.15) is 5.10 Å². The number of aromatic nitrogens is 2. The summed E-state index contributed by atoms with van der Waals surface area (Å²) < 4.78 is 1.75. The molecule has 0 saturated carbocycles. The molecule has 1 aromatic carbocycles. The van der Waals surface area contributed by atoms with Crippen LogP contribution in [0.5, 0.6) is 0 Å². The minimum Gasteiger partial charge on any atom is -0.350 e. The normalized spacial score (nSPS) is 16.3. The maximum atomic E-state index is 12.1. The molecule has 0 radical (unpaired) electrons. The first kappa shape index (κ1) is 14.3. The fourth-order valence-corrected chi connectivity index (χ4v) is 2.76. The van der Waals surface area contributed by atoms with Gasteiger partial charge < -0.3 is 10.6 Å². The van der Waals surface area contributed by atoms with E-state index in [0.717, 1.165) is 17.0 Å². The zero-order chi connectivity index (χ0) is 15.7. The van der Waals surface area contributed by atoms with Gasteiger partial charge in [0.1, 0.15) is 0 Å². The number of rotatable bonds is 4. The highest BCUT2D eigenvalue weighted by atomic mass is 16.2. The molecule has 0 fully saturated rings. The highest BCUT2D eigenvalue weighted by Gasteiger charge is 2.29. The molecule has 1 aliphatic rings. The van der Waals surface area contributed by atoms with E-state index in [2.05, 4.69) is 15.7 Å². The molecule has 0 spiro atoms. The third-order valence-corrected chi connectivity index (χ3v) is 3.84. The number of benzene rings is 1. The summed E-state index contributed by atoms with van der Waals surface area (Å²) in [5, 5.41) is 9.96. The van der Waals surface area contributed by atoms with Gasteiger partial charge >= 0.3 is 0 Å². The number of amides is 2. The Balaban J connectivity index is 1.61. The average molecular weight is 298 g/mol. The van der Waals surface area contributed by atoms with Crippen molar-refractivity contribution in [3.63, 3.8) is 0 Å². The lowest BCUT2D eigenvalue weighted by molar-refractivity contribution is -0.121. The van der Waals surface area contributed by atoms with Crippen molar-refractivity contribution < 1.29 is 9.59 Å². The molecule has 0 bridgehead atoms. The van der Waals surface area contributed by atoms with Crippen molar-refractivity contribution in [3.8, 4) is 0 Å². The van der Waals surface area contributed by atoms with Crippen LogP contribution in [0.3, 0.4) is 0 Å². The lowest BCUT2D eigenvalue weighted by atomic mass is 10.0. The van der Waals surface area contributed by atoms with Crippen molar-refractivity contribution in [2.75, 3.05) is 0 Å². The second kappa shape index (κ2) is 5.63. The Morgan fingerprint density at radius 2 is 2.18 bits per heavy atom. The third kappa shape index (κ3) is 2.72. The molecule has 2 amide bonds. The van der Waals surface area contributed by atoms with Gasteiger partial charge in [0.15, 0.2) is 0 Å². The van der Waals surface area contributed by atoms with E-state index in [1.807, 2.05) is 38.2 Å². The summed E-state index contributed by atoms with van der Waals surface area (Å²) in [6.07, 6.45) is 0.236. The predicted molar refractivity (Wildman–Crippen MR) is 81.1 cm³/mol. The van der Waals surface area contributed by atoms with Crippen molar-refractivity contribution in [1.82, 2.24) is 20.4 Å². The molecule has 2 aromatic rings. The summed E-state index contributed by atoms with van der Waals surface area (Å²) in [6.45, 7) is 2.34. The summed E-state index contributed by atoms with van der Waals surface area (Å²) in [5.41, 5.74) is 3.41. The van der Waals surface area contributed by atoms with Crippen LogP contribution in [-0.4, -0.2) is 21.6 Å². The number of aryl methyl sites for hydroxylation is 2. The molecule has 0 aliphatic carbocycles. The Morgan fingerprint density at radius 3 is 2.91 bits per heavy atom. The number of hydrogen-bond donors (Lipinski definition) is 2. The Hall–Kier alpha value is -2.63. The molecule has 3 rings (SSSR count). The minimum absolute atomic E-state index is 0.0964. The summed E-state index contributed by atoms with van der Waals surface area (Å²) in [6, 6.07) is 9.05. The van der Waals surface area contributed by atoms with E-state index in [1.165, 1.54) is 0 Å². The van der Waals surface area contributed by atoms with Gasteiger partial charge in [-0.1, -0.05) is 18.2 Å². The molecule has 6 nitrogen and oxygen atoms in total. The molecular weight excluding hydrogens is 280 g/mol. The van der Waals surface area contributed by atoms with E-state index in [9.17, 15) is 9.59 Å². The van der Waals surface area contributed by atoms with E-state index in [1.54, 1.807) is 10.7 Å². The van der Waals surface area contributed by atoms with Crippen LogP contribution in [0.25, 0.3) is 0 Å². The Labute approximate surface area is 128 Å². The van der Waals surface area contributed by atoms with Gasteiger partial charge in [-0.05, 0) is 24.6 Å². The Bertz CT molecular complexity index is 735. The Morgan fingerprint density at radius 1 is 1.41 bits per heavy atom. The minimum atomic E-state index is -0.253. The van der Waals surface area contributed by atoms with Crippen molar-refractivity contribution >= 4 is 11.8 Å². The SMILES string of the molecule is Cc1cc(CNC(=O)CC2NC(=O)c3ccccc32)n(C)n1. The lowest BCUT2D eigenvalue weighted by Gasteiger charge is -2.12. The summed E-state index contributed by atoms with van der Waals surface area (Å²) in [5.74, 6) is -0.212. The zero-order valence-electron chi connectivity index (χ0n) is 12.6. The molecule has 114 valence electrons. The van der Waals surface area contributed by atoms with Crippen LogP contribution in [0.2, 0.25) is 0 Å². The molecule has 2 heterocycles. The van der Waals surface area contributed by atoms with Crippen LogP contribution in [0, 0.1) is 6.92 Å². The van der Waals surface area contributed by atoms with E-state index >= 15 is 0 Å². The highest BCUT2D eigenvalue weighted by Crippen LogP contribution is 2.27. The maximum absolute atomic E-state index is 12.1. The zero-order valence-corrected chi connectivity index (χ0v) is 12.6. The van der Waals surface area contributed by atoms with Crippen LogP contribution in [-0.2, 0) is 18.4 Å². The molecule has 1 aliphatic heterocycles. The quantitative estimate of drug-likeness (QED) is 0.891. The fraction of sp³-hybridized carbons (Fsp3) is 0.312. The van der Waals surface area contributed by atoms with Crippen molar-refractivity contribution in [2.24, 2.45) is 7.05 Å². The molecule has 0 saturated heterocycles. The molecule has 1 atom stereocenters. The van der Waals surface area contributed by atoms with Gasteiger partial charge in [0, 0.05) is 12.6 Å². The van der Waals surface area contributed by atoms with Gasteiger partial charge in [-0.25, -0.2) is 0 Å². The molecule has 2 N–H and O–H groups in total. The lowest BCUT2D eigenvalue weighted by Crippen LogP contribution is -2.29. The van der Waals surface area contributed by atoms with E-state index < -0.39 is 0 Å². The standard InChI is InChI=1S/C16H18N4O2/c1-10-7-11(20(2)19-10)9-17-15(21)8-14-12-5-3-4-6-13(12)16(22)18-14/h3-7,14H,8-9H2,1-2H3,(H,17,21)(H,18,22). The second-order valence-corrected chi connectivity index (χ2v) is 5.49. The number of hydrogen-bond acceptors (Lipinski definition) is 3. The highest BCUT2D eigenvalue weighted by molar-refractivity contribution is 5.99. The Kier molecular flexibility index (Phi) is 3.66. The first-order chi connectivity index (χ1) is 10.5. The van der Waals surface area contributed by atoms with Crippen molar-refractivity contribution in [2.45, 2.75) is 25.9 Å². The number of nitrogens with zero attached hydrogens (tertiary/aromatic N) is 2. The predicted octanol–water partition coefficient (Wildman–Crippen LogP) is 1.22. The summed E-state index contributed by atoms with van der Waals surface area (Å²) in [4.78, 5) is 23.9. The molecule has 6 heteroatoms. The van der Waals surface area contributed by atoms with Crippen molar-refractivity contribution in [1.29, 1.82) is 0 Å². The van der Waals surface area contributed by atoms with Crippen LogP contribution < -0.4 is 10.6 Å². The van der Waals surface area contributed by atoms with Gasteiger partial charge in [-0.15, -0.1) is 0 Å². The van der Waals surface area contributed by atoms with Gasteiger partial charge in [0.2, 0.25) is 5.91 Å². The first-order valence-corrected chi connectivity index (χ1v) is 7.20. The summed E-state index contributed by atoms with van der Waals surface area (Å²) >= 11 is 0. The van der Waals surface area contributed by atoms with E-state index in [-0.39, 0.29) is 24.3 Å². The second-order valence-electron chi connectivity index (χ2n) is 5.49. The largest absolute Gasteiger partial charge is 0.350 e. The van der Waals surface area contributed by atoms with Gasteiger partial charge in [0.25, 0.3) is 5.91 Å². The van der Waals surface area contributed by atoms with Crippen LogP contribution in [0.1, 0.15) is 39.8 Å². The number of nitrogens with one attached hydrogen (secondary N) is 2. The van der Waals surface area contributed by atoms with Gasteiger partial charge in [0.05, 0.1) is 30.4 Å². The van der Waals surface area contributed by atoms with Crippen molar-refractivity contribution in [3.05, 3.63) is 52.8 Å².